The number of hydrogen-bond acceptors (Lipinski definition) is 2. The van der Waals surface area contributed by atoms with E-state index in [1.165, 1.54) is 18.3 Å². The number of nitrogens with zero attached hydrogens (tertiary/aromatic N) is 1. The number of halogens is 1. The molecule has 1 rings (SSSR count). The van der Waals surface area contributed by atoms with E-state index >= 15 is 0 Å². The zero-order chi connectivity index (χ0) is 9.14. The van der Waals surface area contributed by atoms with Crippen LogP contribution in [0.5, 0.6) is 0 Å². The first-order valence-corrected chi connectivity index (χ1v) is 3.91. The van der Waals surface area contributed by atoms with E-state index in [1.807, 2.05) is 0 Å². The molecule has 2 unspecified atom stereocenters. The molecule has 0 amide bonds. The van der Waals surface area contributed by atoms with Gasteiger partial charge in [0.2, 0.25) is 0 Å². The maximum absolute atomic E-state index is 13.0. The summed E-state index contributed by atoms with van der Waals surface area (Å²) in [7, 11) is 0. The summed E-state index contributed by atoms with van der Waals surface area (Å²) >= 11 is 0. The van der Waals surface area contributed by atoms with Crippen LogP contribution in [0.4, 0.5) is 4.39 Å². The Balaban J connectivity index is 2.94. The van der Waals surface area contributed by atoms with Crippen LogP contribution in [0, 0.1) is 5.82 Å². The van der Waals surface area contributed by atoms with Crippen LogP contribution in [0.15, 0.2) is 18.3 Å². The van der Waals surface area contributed by atoms with Crippen LogP contribution in [0.3, 0.4) is 0 Å². The van der Waals surface area contributed by atoms with Gasteiger partial charge in [-0.25, -0.2) is 4.39 Å². The Labute approximate surface area is 71.1 Å². The Morgan fingerprint density at radius 1 is 1.50 bits per heavy atom. The van der Waals surface area contributed by atoms with E-state index < -0.39 is 6.10 Å². The highest BCUT2D eigenvalue weighted by molar-refractivity contribution is 5.12. The molecule has 1 N–H and O–H groups in total. The van der Waals surface area contributed by atoms with Crippen molar-refractivity contribution in [2.24, 2.45) is 0 Å². The third-order valence-electron chi connectivity index (χ3n) is 1.94. The highest BCUT2D eigenvalue weighted by Gasteiger charge is 2.16. The predicted molar refractivity (Wildman–Crippen MR) is 44.3 cm³/mol. The lowest BCUT2D eigenvalue weighted by Gasteiger charge is -2.13. The van der Waals surface area contributed by atoms with Crippen LogP contribution >= 0.6 is 0 Å². The van der Waals surface area contributed by atoms with Crippen molar-refractivity contribution >= 4 is 0 Å². The molecule has 66 valence electrons. The summed E-state index contributed by atoms with van der Waals surface area (Å²) in [6, 6.07) is 2.88. The molecule has 0 aliphatic heterocycles. The van der Waals surface area contributed by atoms with Gasteiger partial charge in [0.05, 0.1) is 11.8 Å². The van der Waals surface area contributed by atoms with Gasteiger partial charge in [-0.3, -0.25) is 4.98 Å². The first-order chi connectivity index (χ1) is 5.63. The molecule has 12 heavy (non-hydrogen) atoms. The van der Waals surface area contributed by atoms with Crippen LogP contribution in [0.2, 0.25) is 0 Å². The number of aliphatic hydroxyl groups excluding tert-OH is 1. The molecule has 2 atom stereocenters. The minimum atomic E-state index is -0.575. The lowest BCUT2D eigenvalue weighted by atomic mass is 10.0. The maximum atomic E-state index is 13.0. The normalized spacial score (nSPS) is 15.7. The first-order valence-electron chi connectivity index (χ1n) is 3.91. The number of pyridine rings is 1. The molecule has 0 fully saturated rings. The van der Waals surface area contributed by atoms with E-state index in [0.29, 0.717) is 5.69 Å². The Morgan fingerprint density at radius 2 is 2.17 bits per heavy atom. The van der Waals surface area contributed by atoms with E-state index in [4.69, 9.17) is 0 Å². The van der Waals surface area contributed by atoms with Gasteiger partial charge in [-0.1, -0.05) is 6.92 Å². The number of aromatic nitrogens is 1. The molecule has 0 aliphatic rings. The second-order valence-electron chi connectivity index (χ2n) is 2.90. The fraction of sp³-hybridized carbons (Fsp3) is 0.444. The molecular formula is C9H12FNO. The molecule has 0 saturated carbocycles. The monoisotopic (exact) mass is 169 g/mol. The molecule has 0 saturated heterocycles. The summed E-state index contributed by atoms with van der Waals surface area (Å²) in [5.74, 6) is -0.614. The van der Waals surface area contributed by atoms with Crippen molar-refractivity contribution in [3.63, 3.8) is 0 Å². The van der Waals surface area contributed by atoms with Crippen molar-refractivity contribution in [3.05, 3.63) is 29.8 Å². The Kier molecular flexibility index (Phi) is 2.76. The van der Waals surface area contributed by atoms with Gasteiger partial charge in [0.1, 0.15) is 5.82 Å². The summed E-state index contributed by atoms with van der Waals surface area (Å²) in [4.78, 5) is 3.86. The first kappa shape index (κ1) is 9.13. The summed E-state index contributed by atoms with van der Waals surface area (Å²) in [5.41, 5.74) is 0.326. The second kappa shape index (κ2) is 3.63. The molecule has 0 radical (unpaired) electrons. The summed E-state index contributed by atoms with van der Waals surface area (Å²) in [6.07, 6.45) is 0.950. The minimum Gasteiger partial charge on any atom is -0.393 e. The van der Waals surface area contributed by atoms with E-state index in [0.717, 1.165) is 0 Å². The van der Waals surface area contributed by atoms with Crippen LogP contribution < -0.4 is 0 Å². The van der Waals surface area contributed by atoms with E-state index in [9.17, 15) is 9.50 Å². The van der Waals surface area contributed by atoms with Gasteiger partial charge >= 0.3 is 0 Å². The molecule has 1 aromatic heterocycles. The Morgan fingerprint density at radius 3 is 2.67 bits per heavy atom. The highest BCUT2D eigenvalue weighted by atomic mass is 19.1. The van der Waals surface area contributed by atoms with Gasteiger partial charge in [-0.2, -0.15) is 0 Å². The van der Waals surface area contributed by atoms with Gasteiger partial charge in [0.15, 0.2) is 0 Å². The Hall–Kier alpha value is -0.960. The molecule has 0 aliphatic carbocycles. The van der Waals surface area contributed by atoms with E-state index in [1.54, 1.807) is 13.8 Å². The largest absolute Gasteiger partial charge is 0.393 e. The van der Waals surface area contributed by atoms with E-state index in [-0.39, 0.29) is 11.7 Å². The SMILES string of the molecule is CC(O)C(C)c1ncccc1F. The lowest BCUT2D eigenvalue weighted by molar-refractivity contribution is 0.165. The molecule has 0 bridgehead atoms. The quantitative estimate of drug-likeness (QED) is 0.731. The van der Waals surface area contributed by atoms with Gasteiger partial charge in [-0.05, 0) is 19.1 Å². The molecular weight excluding hydrogens is 157 g/mol. The third kappa shape index (κ3) is 1.80. The van der Waals surface area contributed by atoms with Crippen LogP contribution in [-0.4, -0.2) is 16.2 Å². The maximum Gasteiger partial charge on any atom is 0.145 e. The number of rotatable bonds is 2. The van der Waals surface area contributed by atoms with Crippen molar-refractivity contribution < 1.29 is 9.50 Å². The minimum absolute atomic E-state index is 0.258. The molecule has 2 nitrogen and oxygen atoms in total. The predicted octanol–water partition coefficient (Wildman–Crippen LogP) is 1.70. The van der Waals surface area contributed by atoms with Crippen molar-refractivity contribution in [1.29, 1.82) is 0 Å². The van der Waals surface area contributed by atoms with Gasteiger partial charge in [0.25, 0.3) is 0 Å². The van der Waals surface area contributed by atoms with Crippen molar-refractivity contribution in [2.75, 3.05) is 0 Å². The smallest absolute Gasteiger partial charge is 0.145 e. The average Bonchev–Trinajstić information content (AvgIpc) is 2.04. The zero-order valence-electron chi connectivity index (χ0n) is 7.16. The molecule has 1 aromatic rings. The zero-order valence-corrected chi connectivity index (χ0v) is 7.16. The van der Waals surface area contributed by atoms with Crippen molar-refractivity contribution in [3.8, 4) is 0 Å². The summed E-state index contributed by atoms with van der Waals surface area (Å²) < 4.78 is 13.0. The Bertz CT molecular complexity index is 262. The molecule has 0 spiro atoms. The van der Waals surface area contributed by atoms with Crippen LogP contribution in [-0.2, 0) is 0 Å². The van der Waals surface area contributed by atoms with Crippen molar-refractivity contribution in [2.45, 2.75) is 25.9 Å². The number of aliphatic hydroxyl groups is 1. The number of hydrogen-bond donors (Lipinski definition) is 1. The summed E-state index contributed by atoms with van der Waals surface area (Å²) in [5, 5.41) is 9.19. The van der Waals surface area contributed by atoms with Crippen LogP contribution in [0.25, 0.3) is 0 Å². The van der Waals surface area contributed by atoms with Crippen molar-refractivity contribution in [1.82, 2.24) is 4.98 Å². The fourth-order valence-electron chi connectivity index (χ4n) is 0.961. The fourth-order valence-corrected chi connectivity index (χ4v) is 0.961. The second-order valence-corrected chi connectivity index (χ2v) is 2.90. The molecule has 0 aromatic carbocycles. The van der Waals surface area contributed by atoms with Crippen LogP contribution in [0.1, 0.15) is 25.5 Å². The highest BCUT2D eigenvalue weighted by Crippen LogP contribution is 2.18. The van der Waals surface area contributed by atoms with E-state index in [2.05, 4.69) is 4.98 Å². The average molecular weight is 169 g/mol. The molecule has 3 heteroatoms. The van der Waals surface area contributed by atoms with Gasteiger partial charge in [-0.15, -0.1) is 0 Å². The lowest BCUT2D eigenvalue weighted by Crippen LogP contribution is -2.13. The van der Waals surface area contributed by atoms with Gasteiger partial charge < -0.3 is 5.11 Å². The molecule has 1 heterocycles. The topological polar surface area (TPSA) is 33.1 Å². The standard InChI is InChI=1S/C9H12FNO/c1-6(7(2)12)9-8(10)4-3-5-11-9/h3-7,12H,1-2H3. The summed E-state index contributed by atoms with van der Waals surface area (Å²) in [6.45, 7) is 3.37. The van der Waals surface area contributed by atoms with Gasteiger partial charge in [0, 0.05) is 12.1 Å². The third-order valence-corrected chi connectivity index (χ3v) is 1.94.